The number of hydrogen-bond donors (Lipinski definition) is 1. The van der Waals surface area contributed by atoms with Gasteiger partial charge in [-0.25, -0.2) is 8.78 Å². The number of carbonyl (C=O) groups is 1. The second-order valence-corrected chi connectivity index (χ2v) is 5.42. The molecule has 0 heterocycles. The summed E-state index contributed by atoms with van der Waals surface area (Å²) in [4.78, 5) is 12.7. The van der Waals surface area contributed by atoms with Gasteiger partial charge in [-0.15, -0.1) is 0 Å². The Morgan fingerprint density at radius 1 is 0.800 bits per heavy atom. The predicted octanol–water partition coefficient (Wildman–Crippen LogP) is 5.14. The normalized spacial score (nSPS) is 11.2. The first-order valence-corrected chi connectivity index (χ1v) is 7.72. The Labute approximate surface area is 144 Å². The average Bonchev–Trinajstić information content (AvgIpc) is 2.64. The molecule has 0 saturated carbocycles. The third-order valence-corrected chi connectivity index (χ3v) is 3.62. The summed E-state index contributed by atoms with van der Waals surface area (Å²) in [6.07, 6.45) is 1.75. The lowest BCUT2D eigenvalue weighted by Crippen LogP contribution is -2.14. The highest BCUT2D eigenvalue weighted by Crippen LogP contribution is 2.21. The molecule has 0 unspecified atom stereocenters. The largest absolute Gasteiger partial charge is 0.322 e. The number of hydrogen-bond acceptors (Lipinski definition) is 1. The molecule has 0 aromatic heterocycles. The Morgan fingerprint density at radius 3 is 2.08 bits per heavy atom. The van der Waals surface area contributed by atoms with Gasteiger partial charge in [0.1, 0.15) is 0 Å². The third kappa shape index (κ3) is 4.18. The Morgan fingerprint density at radius 2 is 1.44 bits per heavy atom. The van der Waals surface area contributed by atoms with Crippen molar-refractivity contribution in [2.45, 2.75) is 0 Å². The van der Waals surface area contributed by atoms with Crippen molar-refractivity contribution < 1.29 is 13.6 Å². The van der Waals surface area contributed by atoms with Crippen LogP contribution in [-0.4, -0.2) is 5.91 Å². The molecule has 0 aliphatic rings. The smallest absolute Gasteiger partial charge is 0.256 e. The van der Waals surface area contributed by atoms with E-state index in [4.69, 9.17) is 0 Å². The molecule has 0 fully saturated rings. The molecule has 0 saturated heterocycles. The molecule has 2 nitrogen and oxygen atoms in total. The van der Waals surface area contributed by atoms with E-state index in [0.717, 1.165) is 23.3 Å². The lowest BCUT2D eigenvalue weighted by atomic mass is 10.0. The minimum atomic E-state index is -1.01. The van der Waals surface area contributed by atoms with Crippen LogP contribution in [-0.2, 0) is 4.79 Å². The van der Waals surface area contributed by atoms with Crippen LogP contribution in [0.4, 0.5) is 14.5 Å². The molecule has 0 bridgehead atoms. The van der Waals surface area contributed by atoms with E-state index in [0.29, 0.717) is 5.57 Å². The zero-order valence-corrected chi connectivity index (χ0v) is 13.2. The van der Waals surface area contributed by atoms with Gasteiger partial charge in [0.2, 0.25) is 0 Å². The molecule has 124 valence electrons. The summed E-state index contributed by atoms with van der Waals surface area (Å²) in [5.74, 6) is -2.37. The first kappa shape index (κ1) is 16.6. The maximum atomic E-state index is 13.4. The molecule has 3 rings (SSSR count). The number of anilines is 1. The number of benzene rings is 3. The fraction of sp³-hybridized carbons (Fsp3) is 0. The first-order valence-electron chi connectivity index (χ1n) is 7.72. The SMILES string of the molecule is O=C(Nc1ccc(F)c(F)c1)/C(=C/c1ccccc1)c1ccccc1. The highest BCUT2D eigenvalue weighted by atomic mass is 19.2. The maximum Gasteiger partial charge on any atom is 0.256 e. The zero-order valence-electron chi connectivity index (χ0n) is 13.2. The van der Waals surface area contributed by atoms with Gasteiger partial charge < -0.3 is 5.32 Å². The van der Waals surface area contributed by atoms with Crippen LogP contribution in [0.5, 0.6) is 0 Å². The Bertz CT molecular complexity index is 906. The molecule has 0 aliphatic heterocycles. The Kier molecular flexibility index (Phi) is 5.00. The van der Waals surface area contributed by atoms with E-state index in [1.807, 2.05) is 60.7 Å². The van der Waals surface area contributed by atoms with Crippen LogP contribution in [0, 0.1) is 11.6 Å². The topological polar surface area (TPSA) is 29.1 Å². The number of amides is 1. The molecular weight excluding hydrogens is 320 g/mol. The van der Waals surface area contributed by atoms with Crippen molar-refractivity contribution in [1.82, 2.24) is 0 Å². The second kappa shape index (κ2) is 7.53. The van der Waals surface area contributed by atoms with Gasteiger partial charge in [0.15, 0.2) is 11.6 Å². The molecule has 1 amide bonds. The monoisotopic (exact) mass is 335 g/mol. The van der Waals surface area contributed by atoms with Crippen LogP contribution >= 0.6 is 0 Å². The molecule has 25 heavy (non-hydrogen) atoms. The Hall–Kier alpha value is -3.27. The summed E-state index contributed by atoms with van der Waals surface area (Å²) in [7, 11) is 0. The summed E-state index contributed by atoms with van der Waals surface area (Å²) in [6.45, 7) is 0. The second-order valence-electron chi connectivity index (χ2n) is 5.42. The minimum absolute atomic E-state index is 0.193. The van der Waals surface area contributed by atoms with Crippen LogP contribution < -0.4 is 5.32 Å². The molecule has 0 spiro atoms. The molecule has 3 aromatic rings. The lowest BCUT2D eigenvalue weighted by molar-refractivity contribution is -0.111. The molecule has 3 aromatic carbocycles. The predicted molar refractivity (Wildman–Crippen MR) is 95.7 cm³/mol. The summed E-state index contributed by atoms with van der Waals surface area (Å²) in [5.41, 5.74) is 2.21. The standard InChI is InChI=1S/C21H15F2NO/c22-19-12-11-17(14-20(19)23)24-21(25)18(16-9-5-2-6-10-16)13-15-7-3-1-4-8-15/h1-14H,(H,24,25)/b18-13+. The van der Waals surface area contributed by atoms with Crippen LogP contribution in [0.1, 0.15) is 11.1 Å². The van der Waals surface area contributed by atoms with E-state index in [-0.39, 0.29) is 5.69 Å². The van der Waals surface area contributed by atoms with Gasteiger partial charge >= 0.3 is 0 Å². The van der Waals surface area contributed by atoms with E-state index in [9.17, 15) is 13.6 Å². The van der Waals surface area contributed by atoms with Crippen molar-refractivity contribution in [2.75, 3.05) is 5.32 Å². The molecule has 0 aliphatic carbocycles. The van der Waals surface area contributed by atoms with E-state index >= 15 is 0 Å². The molecule has 0 radical (unpaired) electrons. The minimum Gasteiger partial charge on any atom is -0.322 e. The summed E-state index contributed by atoms with van der Waals surface area (Å²) in [6, 6.07) is 21.8. The fourth-order valence-corrected chi connectivity index (χ4v) is 2.39. The lowest BCUT2D eigenvalue weighted by Gasteiger charge is -2.10. The summed E-state index contributed by atoms with van der Waals surface area (Å²) >= 11 is 0. The van der Waals surface area contributed by atoms with Gasteiger partial charge in [0.05, 0.1) is 0 Å². The molecule has 4 heteroatoms. The van der Waals surface area contributed by atoms with Crippen molar-refractivity contribution in [3.05, 3.63) is 102 Å². The van der Waals surface area contributed by atoms with Gasteiger partial charge in [-0.05, 0) is 29.3 Å². The molecular formula is C21H15F2NO. The summed E-state index contributed by atoms with van der Waals surface area (Å²) in [5, 5.41) is 2.61. The quantitative estimate of drug-likeness (QED) is 0.519. The van der Waals surface area contributed by atoms with Crippen LogP contribution in [0.2, 0.25) is 0 Å². The van der Waals surface area contributed by atoms with Crippen LogP contribution in [0.3, 0.4) is 0 Å². The zero-order chi connectivity index (χ0) is 17.6. The number of halogens is 2. The van der Waals surface area contributed by atoms with Gasteiger partial charge in [-0.3, -0.25) is 4.79 Å². The summed E-state index contributed by atoms with van der Waals surface area (Å²) < 4.78 is 26.4. The number of carbonyl (C=O) groups excluding carboxylic acids is 1. The van der Waals surface area contributed by atoms with Crippen molar-refractivity contribution in [2.24, 2.45) is 0 Å². The van der Waals surface area contributed by atoms with Gasteiger partial charge in [-0.1, -0.05) is 60.7 Å². The van der Waals surface area contributed by atoms with Gasteiger partial charge in [-0.2, -0.15) is 0 Å². The van der Waals surface area contributed by atoms with Gasteiger partial charge in [0.25, 0.3) is 5.91 Å². The van der Waals surface area contributed by atoms with E-state index in [1.165, 1.54) is 6.07 Å². The van der Waals surface area contributed by atoms with Crippen LogP contribution in [0.15, 0.2) is 78.9 Å². The number of rotatable bonds is 4. The van der Waals surface area contributed by atoms with Crippen molar-refractivity contribution in [3.8, 4) is 0 Å². The van der Waals surface area contributed by atoms with E-state index < -0.39 is 17.5 Å². The highest BCUT2D eigenvalue weighted by Gasteiger charge is 2.13. The molecule has 0 atom stereocenters. The Balaban J connectivity index is 1.95. The number of nitrogens with one attached hydrogen (secondary N) is 1. The van der Waals surface area contributed by atoms with Crippen molar-refractivity contribution >= 4 is 23.2 Å². The van der Waals surface area contributed by atoms with Crippen LogP contribution in [0.25, 0.3) is 11.6 Å². The van der Waals surface area contributed by atoms with Gasteiger partial charge in [0, 0.05) is 17.3 Å². The van der Waals surface area contributed by atoms with E-state index in [1.54, 1.807) is 6.08 Å². The fourth-order valence-electron chi connectivity index (χ4n) is 2.39. The maximum absolute atomic E-state index is 13.4. The average molecular weight is 335 g/mol. The van der Waals surface area contributed by atoms with E-state index in [2.05, 4.69) is 5.32 Å². The van der Waals surface area contributed by atoms with Crippen molar-refractivity contribution in [3.63, 3.8) is 0 Å². The third-order valence-electron chi connectivity index (χ3n) is 3.62. The first-order chi connectivity index (χ1) is 12.1. The van der Waals surface area contributed by atoms with Crippen molar-refractivity contribution in [1.29, 1.82) is 0 Å². The highest BCUT2D eigenvalue weighted by molar-refractivity contribution is 6.29. The molecule has 1 N–H and O–H groups in total.